The average molecular weight is 227 g/mol. The Morgan fingerprint density at radius 1 is 1.33 bits per heavy atom. The summed E-state index contributed by atoms with van der Waals surface area (Å²) in [6, 6.07) is 8.03. The molecule has 0 atom stereocenters. The minimum absolute atomic E-state index is 0.905. The standard InChI is InChI=1S/C10H11BrO/c1-3-10(12-2)8-4-6-9(11)7-5-8/h3-7H,1-2H3. The number of allylic oxidation sites excluding steroid dienone is 1. The maximum atomic E-state index is 5.17. The third-order valence-corrected chi connectivity index (χ3v) is 2.14. The van der Waals surface area contributed by atoms with E-state index in [9.17, 15) is 0 Å². The zero-order chi connectivity index (χ0) is 8.97. The summed E-state index contributed by atoms with van der Waals surface area (Å²) in [5.41, 5.74) is 1.10. The first-order valence-electron chi connectivity index (χ1n) is 3.74. The molecular formula is C10H11BrO. The van der Waals surface area contributed by atoms with E-state index in [1.54, 1.807) is 7.11 Å². The fourth-order valence-electron chi connectivity index (χ4n) is 1.02. The molecule has 0 N–H and O–H groups in total. The highest BCUT2D eigenvalue weighted by atomic mass is 79.9. The molecule has 0 saturated heterocycles. The molecule has 1 aromatic carbocycles. The van der Waals surface area contributed by atoms with Crippen LogP contribution in [0.25, 0.3) is 5.76 Å². The number of ether oxygens (including phenoxy) is 1. The van der Waals surface area contributed by atoms with Crippen molar-refractivity contribution in [2.75, 3.05) is 7.11 Å². The lowest BCUT2D eigenvalue weighted by molar-refractivity contribution is 0.369. The van der Waals surface area contributed by atoms with E-state index in [0.717, 1.165) is 15.8 Å². The molecule has 0 aromatic heterocycles. The van der Waals surface area contributed by atoms with Crippen LogP contribution in [0.2, 0.25) is 0 Å². The van der Waals surface area contributed by atoms with Gasteiger partial charge in [0.15, 0.2) is 0 Å². The highest BCUT2D eigenvalue weighted by Gasteiger charge is 1.97. The van der Waals surface area contributed by atoms with Crippen LogP contribution >= 0.6 is 15.9 Å². The van der Waals surface area contributed by atoms with Gasteiger partial charge in [-0.2, -0.15) is 0 Å². The Morgan fingerprint density at radius 3 is 2.33 bits per heavy atom. The summed E-state index contributed by atoms with van der Waals surface area (Å²) >= 11 is 3.38. The van der Waals surface area contributed by atoms with E-state index in [0.29, 0.717) is 0 Å². The van der Waals surface area contributed by atoms with Gasteiger partial charge in [-0.05, 0) is 25.1 Å². The van der Waals surface area contributed by atoms with Crippen molar-refractivity contribution in [2.24, 2.45) is 0 Å². The van der Waals surface area contributed by atoms with Gasteiger partial charge in [-0.25, -0.2) is 0 Å². The summed E-state index contributed by atoms with van der Waals surface area (Å²) in [5.74, 6) is 0.905. The van der Waals surface area contributed by atoms with E-state index in [1.165, 1.54) is 0 Å². The maximum absolute atomic E-state index is 5.17. The summed E-state index contributed by atoms with van der Waals surface area (Å²) in [6.07, 6.45) is 1.95. The minimum Gasteiger partial charge on any atom is -0.496 e. The third kappa shape index (κ3) is 2.11. The van der Waals surface area contributed by atoms with Crippen LogP contribution in [-0.4, -0.2) is 7.11 Å². The molecule has 0 bridgehead atoms. The van der Waals surface area contributed by atoms with E-state index in [2.05, 4.69) is 15.9 Å². The average Bonchev–Trinajstić information content (AvgIpc) is 2.10. The Morgan fingerprint density at radius 2 is 1.92 bits per heavy atom. The third-order valence-electron chi connectivity index (χ3n) is 1.61. The summed E-state index contributed by atoms with van der Waals surface area (Å²) in [4.78, 5) is 0. The van der Waals surface area contributed by atoms with Gasteiger partial charge in [-0.1, -0.05) is 28.1 Å². The lowest BCUT2D eigenvalue weighted by Crippen LogP contribution is -1.85. The van der Waals surface area contributed by atoms with Crippen molar-refractivity contribution in [3.63, 3.8) is 0 Å². The number of hydrogen-bond acceptors (Lipinski definition) is 1. The van der Waals surface area contributed by atoms with E-state index < -0.39 is 0 Å². The predicted octanol–water partition coefficient (Wildman–Crippen LogP) is 3.46. The van der Waals surface area contributed by atoms with Crippen LogP contribution in [0.1, 0.15) is 12.5 Å². The molecule has 12 heavy (non-hydrogen) atoms. The first-order valence-corrected chi connectivity index (χ1v) is 4.53. The molecule has 2 heteroatoms. The van der Waals surface area contributed by atoms with Gasteiger partial charge in [-0.3, -0.25) is 0 Å². The topological polar surface area (TPSA) is 9.23 Å². The van der Waals surface area contributed by atoms with E-state index in [1.807, 2.05) is 37.3 Å². The predicted molar refractivity (Wildman–Crippen MR) is 54.8 cm³/mol. The highest BCUT2D eigenvalue weighted by Crippen LogP contribution is 2.17. The molecule has 0 radical (unpaired) electrons. The van der Waals surface area contributed by atoms with Crippen molar-refractivity contribution < 1.29 is 4.74 Å². The Bertz CT molecular complexity index is 274. The van der Waals surface area contributed by atoms with Crippen molar-refractivity contribution in [3.8, 4) is 0 Å². The van der Waals surface area contributed by atoms with Gasteiger partial charge in [-0.15, -0.1) is 0 Å². The van der Waals surface area contributed by atoms with Crippen molar-refractivity contribution in [1.82, 2.24) is 0 Å². The van der Waals surface area contributed by atoms with E-state index in [4.69, 9.17) is 4.74 Å². The second-order valence-electron chi connectivity index (χ2n) is 2.36. The van der Waals surface area contributed by atoms with Gasteiger partial charge in [0, 0.05) is 10.0 Å². The van der Waals surface area contributed by atoms with Gasteiger partial charge in [0.1, 0.15) is 5.76 Å². The highest BCUT2D eigenvalue weighted by molar-refractivity contribution is 9.10. The molecular weight excluding hydrogens is 216 g/mol. The number of hydrogen-bond donors (Lipinski definition) is 0. The molecule has 1 rings (SSSR count). The molecule has 0 fully saturated rings. The van der Waals surface area contributed by atoms with Crippen LogP contribution in [0, 0.1) is 0 Å². The fourth-order valence-corrected chi connectivity index (χ4v) is 1.28. The quantitative estimate of drug-likeness (QED) is 0.703. The number of rotatable bonds is 2. The normalized spacial score (nSPS) is 11.4. The smallest absolute Gasteiger partial charge is 0.121 e. The Kier molecular flexibility index (Phi) is 3.35. The SMILES string of the molecule is CC=C(OC)c1ccc(Br)cc1. The fraction of sp³-hybridized carbons (Fsp3) is 0.200. The van der Waals surface area contributed by atoms with E-state index >= 15 is 0 Å². The first kappa shape index (κ1) is 9.33. The van der Waals surface area contributed by atoms with Gasteiger partial charge < -0.3 is 4.74 Å². The van der Waals surface area contributed by atoms with Crippen LogP contribution in [0.4, 0.5) is 0 Å². The zero-order valence-electron chi connectivity index (χ0n) is 7.17. The second-order valence-corrected chi connectivity index (χ2v) is 3.28. The lowest BCUT2D eigenvalue weighted by Gasteiger charge is -2.04. The Balaban J connectivity index is 2.96. The van der Waals surface area contributed by atoms with Crippen molar-refractivity contribution in [1.29, 1.82) is 0 Å². The minimum atomic E-state index is 0.905. The Hall–Kier alpha value is -0.760. The molecule has 0 unspecified atom stereocenters. The number of halogens is 1. The molecule has 0 saturated carbocycles. The second kappa shape index (κ2) is 4.31. The van der Waals surface area contributed by atoms with Gasteiger partial charge in [0.2, 0.25) is 0 Å². The van der Waals surface area contributed by atoms with Crippen molar-refractivity contribution in [3.05, 3.63) is 40.4 Å². The first-order chi connectivity index (χ1) is 5.77. The maximum Gasteiger partial charge on any atom is 0.121 e. The molecule has 64 valence electrons. The monoisotopic (exact) mass is 226 g/mol. The summed E-state index contributed by atoms with van der Waals surface area (Å²) in [6.45, 7) is 1.96. The molecule has 0 amide bonds. The van der Waals surface area contributed by atoms with Crippen LogP contribution in [-0.2, 0) is 4.74 Å². The van der Waals surface area contributed by atoms with Gasteiger partial charge >= 0.3 is 0 Å². The molecule has 0 aliphatic carbocycles. The zero-order valence-corrected chi connectivity index (χ0v) is 8.76. The van der Waals surface area contributed by atoms with Crippen LogP contribution in [0.15, 0.2) is 34.8 Å². The van der Waals surface area contributed by atoms with Crippen molar-refractivity contribution >= 4 is 21.7 Å². The van der Waals surface area contributed by atoms with Gasteiger partial charge in [0.05, 0.1) is 7.11 Å². The molecule has 1 nitrogen and oxygen atoms in total. The largest absolute Gasteiger partial charge is 0.496 e. The summed E-state index contributed by atoms with van der Waals surface area (Å²) < 4.78 is 6.25. The Labute approximate surface area is 81.2 Å². The molecule has 0 spiro atoms. The summed E-state index contributed by atoms with van der Waals surface area (Å²) in [5, 5.41) is 0. The van der Waals surface area contributed by atoms with Crippen LogP contribution < -0.4 is 0 Å². The van der Waals surface area contributed by atoms with E-state index in [-0.39, 0.29) is 0 Å². The molecule has 0 aliphatic heterocycles. The van der Waals surface area contributed by atoms with Crippen LogP contribution in [0.5, 0.6) is 0 Å². The lowest BCUT2D eigenvalue weighted by atomic mass is 10.2. The number of benzene rings is 1. The van der Waals surface area contributed by atoms with Crippen molar-refractivity contribution in [2.45, 2.75) is 6.92 Å². The molecule has 0 aliphatic rings. The van der Waals surface area contributed by atoms with Gasteiger partial charge in [0.25, 0.3) is 0 Å². The molecule has 1 aromatic rings. The summed E-state index contributed by atoms with van der Waals surface area (Å²) in [7, 11) is 1.68. The molecule has 0 heterocycles. The van der Waals surface area contributed by atoms with Crippen LogP contribution in [0.3, 0.4) is 0 Å². The number of methoxy groups -OCH3 is 1.